The minimum Gasteiger partial charge on any atom is -0.468 e. The molecular formula is C30H46N3O8P. The number of aliphatic hydroxyl groups excluding tert-OH is 1. The number of amides is 1. The SMILES string of the molecule is COC(=O)[C@@H](CCCCNC(=O)OC(C)(C)C)NP(=O)(OCC(N)(CO)CCc1ccc(C)cc1)Oc1ccccc1. The number of methoxy groups -OCH3 is 1. The number of benzene rings is 2. The highest BCUT2D eigenvalue weighted by Crippen LogP contribution is 2.46. The summed E-state index contributed by atoms with van der Waals surface area (Å²) >= 11 is 0. The van der Waals surface area contributed by atoms with Gasteiger partial charge in [-0.05, 0) is 77.5 Å². The second kappa shape index (κ2) is 16.6. The normalized spacial score (nSPS) is 15.1. The van der Waals surface area contributed by atoms with Crippen LogP contribution >= 0.6 is 7.75 Å². The zero-order valence-electron chi connectivity index (χ0n) is 25.3. The molecule has 0 aliphatic carbocycles. The Labute approximate surface area is 249 Å². The molecule has 0 fully saturated rings. The highest BCUT2D eigenvalue weighted by Gasteiger charge is 2.37. The summed E-state index contributed by atoms with van der Waals surface area (Å²) in [4.78, 5) is 24.5. The molecule has 2 aromatic rings. The van der Waals surface area contributed by atoms with Gasteiger partial charge in [0.1, 0.15) is 17.4 Å². The van der Waals surface area contributed by atoms with Crippen molar-refractivity contribution in [3.05, 3.63) is 65.7 Å². The van der Waals surface area contributed by atoms with Crippen LogP contribution in [0.2, 0.25) is 0 Å². The Morgan fingerprint density at radius 2 is 1.71 bits per heavy atom. The first-order chi connectivity index (χ1) is 19.8. The highest BCUT2D eigenvalue weighted by molar-refractivity contribution is 7.52. The van der Waals surface area contributed by atoms with Crippen LogP contribution < -0.4 is 20.7 Å². The molecule has 0 radical (unpaired) electrons. The van der Waals surface area contributed by atoms with Gasteiger partial charge in [-0.1, -0.05) is 48.0 Å². The van der Waals surface area contributed by atoms with Crippen molar-refractivity contribution in [3.63, 3.8) is 0 Å². The molecule has 2 unspecified atom stereocenters. The summed E-state index contributed by atoms with van der Waals surface area (Å²) in [6.45, 7) is 6.92. The molecule has 234 valence electrons. The van der Waals surface area contributed by atoms with E-state index in [1.165, 1.54) is 7.11 Å². The summed E-state index contributed by atoms with van der Waals surface area (Å²) in [7, 11) is -2.97. The number of ether oxygens (including phenoxy) is 2. The van der Waals surface area contributed by atoms with Crippen LogP contribution in [0.5, 0.6) is 5.75 Å². The van der Waals surface area contributed by atoms with Crippen molar-refractivity contribution in [3.8, 4) is 5.75 Å². The van der Waals surface area contributed by atoms with Crippen molar-refractivity contribution < 1.29 is 37.8 Å². The molecule has 2 aromatic carbocycles. The number of aryl methyl sites for hydroxylation is 2. The van der Waals surface area contributed by atoms with Crippen molar-refractivity contribution in [2.75, 3.05) is 26.9 Å². The molecule has 2 rings (SSSR count). The van der Waals surface area contributed by atoms with Crippen molar-refractivity contribution in [2.45, 2.75) is 77.0 Å². The highest BCUT2D eigenvalue weighted by atomic mass is 31.2. The van der Waals surface area contributed by atoms with Crippen molar-refractivity contribution in [2.24, 2.45) is 5.73 Å². The van der Waals surface area contributed by atoms with Gasteiger partial charge in [-0.15, -0.1) is 0 Å². The van der Waals surface area contributed by atoms with Crippen molar-refractivity contribution in [1.82, 2.24) is 10.4 Å². The molecule has 0 aromatic heterocycles. The molecule has 11 nitrogen and oxygen atoms in total. The van der Waals surface area contributed by atoms with Gasteiger partial charge in [0.05, 0.1) is 25.9 Å². The second-order valence-corrected chi connectivity index (χ2v) is 13.0. The van der Waals surface area contributed by atoms with Gasteiger partial charge in [0, 0.05) is 6.54 Å². The Bertz CT molecular complexity index is 1160. The van der Waals surface area contributed by atoms with Gasteiger partial charge >= 0.3 is 19.8 Å². The van der Waals surface area contributed by atoms with Gasteiger partial charge in [0.15, 0.2) is 0 Å². The molecule has 0 heterocycles. The van der Waals surface area contributed by atoms with Gasteiger partial charge < -0.3 is 30.2 Å². The van der Waals surface area contributed by atoms with E-state index in [1.54, 1.807) is 51.1 Å². The van der Waals surface area contributed by atoms with E-state index in [-0.39, 0.29) is 18.8 Å². The van der Waals surface area contributed by atoms with Gasteiger partial charge in [-0.25, -0.2) is 9.36 Å². The first kappa shape index (κ1) is 35.2. The fourth-order valence-corrected chi connectivity index (χ4v) is 5.44. The predicted octanol–water partition coefficient (Wildman–Crippen LogP) is 4.65. The maximum absolute atomic E-state index is 14.0. The number of carbonyl (C=O) groups excluding carboxylic acids is 2. The molecule has 0 spiro atoms. The maximum atomic E-state index is 14.0. The Morgan fingerprint density at radius 3 is 2.31 bits per heavy atom. The summed E-state index contributed by atoms with van der Waals surface area (Å²) in [6.07, 6.45) is 1.60. The standard InChI is InChI=1S/C30H46N3O8P/c1-23-14-16-24(17-15-23)18-19-30(31,21-34)22-39-42(37,41-25-11-7-6-8-12-25)33-26(27(35)38-5)13-9-10-20-32-28(36)40-29(2,3)4/h6-8,11-12,14-17,26,34H,9-10,13,18-22,31H2,1-5H3,(H,32,36)(H,33,37)/t26-,30?,42?/m1/s1. The Balaban J connectivity index is 2.08. The minimum atomic E-state index is -4.20. The zero-order chi connectivity index (χ0) is 31.2. The van der Waals surface area contributed by atoms with E-state index in [1.807, 2.05) is 31.2 Å². The van der Waals surface area contributed by atoms with Crippen LogP contribution in [0.15, 0.2) is 54.6 Å². The monoisotopic (exact) mass is 607 g/mol. The molecule has 3 atom stereocenters. The second-order valence-electron chi connectivity index (χ2n) is 11.3. The number of carbonyl (C=O) groups is 2. The van der Waals surface area contributed by atoms with Crippen LogP contribution in [0.4, 0.5) is 4.79 Å². The molecule has 0 aliphatic rings. The number of alkyl carbamates (subject to hydrolysis) is 1. The van der Waals surface area contributed by atoms with Gasteiger partial charge in [-0.3, -0.25) is 9.32 Å². The molecule has 0 saturated carbocycles. The maximum Gasteiger partial charge on any atom is 0.459 e. The summed E-state index contributed by atoms with van der Waals surface area (Å²) in [6, 6.07) is 15.3. The third kappa shape index (κ3) is 13.4. The van der Waals surface area contributed by atoms with E-state index in [4.69, 9.17) is 24.3 Å². The number of aliphatic hydroxyl groups is 1. The Hall–Kier alpha value is -2.95. The molecule has 0 aliphatic heterocycles. The fourth-order valence-electron chi connectivity index (χ4n) is 3.81. The molecule has 1 amide bonds. The van der Waals surface area contributed by atoms with Gasteiger partial charge in [0.2, 0.25) is 0 Å². The van der Waals surface area contributed by atoms with Crippen LogP contribution in [-0.2, 0) is 29.8 Å². The third-order valence-corrected chi connectivity index (χ3v) is 7.77. The average molecular weight is 608 g/mol. The molecule has 12 heteroatoms. The summed E-state index contributed by atoms with van der Waals surface area (Å²) in [5, 5.41) is 15.5. The molecule has 5 N–H and O–H groups in total. The first-order valence-electron chi connectivity index (χ1n) is 14.0. The van der Waals surface area contributed by atoms with Crippen molar-refractivity contribution in [1.29, 1.82) is 0 Å². The summed E-state index contributed by atoms with van der Waals surface area (Å²) in [5.41, 5.74) is 6.79. The molecular weight excluding hydrogens is 561 g/mol. The number of hydrogen-bond donors (Lipinski definition) is 4. The van der Waals surface area contributed by atoms with E-state index >= 15 is 0 Å². The number of hydrogen-bond acceptors (Lipinski definition) is 9. The Kier molecular flexibility index (Phi) is 14.0. The van der Waals surface area contributed by atoms with Crippen molar-refractivity contribution >= 4 is 19.8 Å². The van der Waals surface area contributed by atoms with Crippen LogP contribution in [0.3, 0.4) is 0 Å². The summed E-state index contributed by atoms with van der Waals surface area (Å²) < 4.78 is 35.7. The lowest BCUT2D eigenvalue weighted by Crippen LogP contribution is -2.49. The van der Waals surface area contributed by atoms with Crippen LogP contribution in [0.1, 0.15) is 57.6 Å². The van der Waals surface area contributed by atoms with Crippen LogP contribution in [-0.4, -0.2) is 61.2 Å². The first-order valence-corrected chi connectivity index (χ1v) is 15.6. The topological polar surface area (TPSA) is 158 Å². The molecule has 42 heavy (non-hydrogen) atoms. The number of unbranched alkanes of at least 4 members (excludes halogenated alkanes) is 1. The quantitative estimate of drug-likeness (QED) is 0.113. The number of nitrogens with two attached hydrogens (primary N) is 1. The number of rotatable bonds is 17. The lowest BCUT2D eigenvalue weighted by molar-refractivity contribution is -0.143. The van der Waals surface area contributed by atoms with Gasteiger partial charge in [0.25, 0.3) is 0 Å². The van der Waals surface area contributed by atoms with Gasteiger partial charge in [-0.2, -0.15) is 5.09 Å². The number of nitrogens with one attached hydrogen (secondary N) is 2. The third-order valence-electron chi connectivity index (χ3n) is 6.23. The average Bonchev–Trinajstić information content (AvgIpc) is 2.94. The smallest absolute Gasteiger partial charge is 0.459 e. The Morgan fingerprint density at radius 1 is 1.05 bits per heavy atom. The summed E-state index contributed by atoms with van der Waals surface area (Å²) in [5.74, 6) is -0.402. The number of para-hydroxylation sites is 1. The van der Waals surface area contributed by atoms with E-state index in [0.717, 1.165) is 11.1 Å². The van der Waals surface area contributed by atoms with E-state index in [0.29, 0.717) is 32.2 Å². The zero-order valence-corrected chi connectivity index (χ0v) is 26.2. The van der Waals surface area contributed by atoms with Crippen LogP contribution in [0.25, 0.3) is 0 Å². The lowest BCUT2D eigenvalue weighted by Gasteiger charge is -2.30. The lowest BCUT2D eigenvalue weighted by atomic mass is 9.94. The molecule has 0 saturated heterocycles. The number of esters is 1. The van der Waals surface area contributed by atoms with E-state index in [9.17, 15) is 19.3 Å². The van der Waals surface area contributed by atoms with Crippen LogP contribution in [0, 0.1) is 6.92 Å². The predicted molar refractivity (Wildman–Crippen MR) is 161 cm³/mol. The fraction of sp³-hybridized carbons (Fsp3) is 0.533. The van der Waals surface area contributed by atoms with E-state index in [2.05, 4.69) is 10.4 Å². The largest absolute Gasteiger partial charge is 0.468 e. The minimum absolute atomic E-state index is 0.218. The molecule has 0 bridgehead atoms. The van der Waals surface area contributed by atoms with E-state index < -0.39 is 43.6 Å².